The minimum atomic E-state index is -0.956. The molecule has 230 valence electrons. The highest BCUT2D eigenvalue weighted by molar-refractivity contribution is 6.05. The Labute approximate surface area is 246 Å². The fourth-order valence-corrected chi connectivity index (χ4v) is 4.59. The molecule has 0 aliphatic carbocycles. The number of fused-ring (bicyclic) bond motifs is 1. The molecule has 3 rings (SSSR count). The Kier molecular flexibility index (Phi) is 10.5. The summed E-state index contributed by atoms with van der Waals surface area (Å²) in [7, 11) is 5.86. The average molecular weight is 588 g/mol. The van der Waals surface area contributed by atoms with E-state index in [9.17, 15) is 14.4 Å². The molecular formula is C31H41NO10. The Balaban J connectivity index is 1.85. The average Bonchev–Trinajstić information content (AvgIpc) is 2.95. The Morgan fingerprint density at radius 3 is 2.21 bits per heavy atom. The Morgan fingerprint density at radius 1 is 0.976 bits per heavy atom. The molecule has 2 aromatic carbocycles. The number of amides is 1. The van der Waals surface area contributed by atoms with Crippen LogP contribution in [0.2, 0.25) is 0 Å². The molecule has 0 bridgehead atoms. The fourth-order valence-electron chi connectivity index (χ4n) is 4.59. The van der Waals surface area contributed by atoms with Crippen LogP contribution in [-0.2, 0) is 16.0 Å². The molecule has 0 fully saturated rings. The van der Waals surface area contributed by atoms with Crippen molar-refractivity contribution in [2.45, 2.75) is 59.1 Å². The van der Waals surface area contributed by atoms with Crippen LogP contribution >= 0.6 is 0 Å². The number of hydrogen-bond donors (Lipinski definition) is 1. The number of benzene rings is 2. The quantitative estimate of drug-likeness (QED) is 0.283. The Hall–Kier alpha value is -4.15. The molecule has 0 radical (unpaired) electrons. The van der Waals surface area contributed by atoms with Crippen molar-refractivity contribution >= 4 is 17.8 Å². The molecule has 0 aromatic heterocycles. The van der Waals surface area contributed by atoms with E-state index in [4.69, 9.17) is 33.2 Å². The first-order valence-electron chi connectivity index (χ1n) is 13.7. The van der Waals surface area contributed by atoms with Gasteiger partial charge >= 0.3 is 12.1 Å². The lowest BCUT2D eigenvalue weighted by atomic mass is 9.88. The van der Waals surface area contributed by atoms with E-state index in [1.807, 2.05) is 13.8 Å². The van der Waals surface area contributed by atoms with E-state index in [-0.39, 0.29) is 41.8 Å². The number of ether oxygens (including phenoxy) is 7. The lowest BCUT2D eigenvalue weighted by molar-refractivity contribution is -0.138. The third kappa shape index (κ3) is 7.37. The number of Topliss-reactive ketones (excluding diaryl/α,β-unsaturated/α-hetero) is 1. The maximum Gasteiger partial charge on any atom is 0.408 e. The number of alkyl carbamates (subject to hydrolysis) is 1. The highest BCUT2D eigenvalue weighted by Gasteiger charge is 2.36. The van der Waals surface area contributed by atoms with Gasteiger partial charge in [-0.1, -0.05) is 26.3 Å². The summed E-state index contributed by atoms with van der Waals surface area (Å²) >= 11 is 0. The summed E-state index contributed by atoms with van der Waals surface area (Å²) in [6, 6.07) is 5.74. The van der Waals surface area contributed by atoms with E-state index >= 15 is 0 Å². The molecule has 1 aliphatic heterocycles. The van der Waals surface area contributed by atoms with Crippen molar-refractivity contribution in [2.24, 2.45) is 11.8 Å². The van der Waals surface area contributed by atoms with Gasteiger partial charge in [-0.3, -0.25) is 4.79 Å². The summed E-state index contributed by atoms with van der Waals surface area (Å²) in [5, 5.41) is 2.64. The van der Waals surface area contributed by atoms with Crippen molar-refractivity contribution in [1.82, 2.24) is 5.32 Å². The van der Waals surface area contributed by atoms with Gasteiger partial charge in [-0.15, -0.1) is 0 Å². The molecule has 0 spiro atoms. The number of hydrogen-bond acceptors (Lipinski definition) is 10. The first-order chi connectivity index (χ1) is 19.9. The van der Waals surface area contributed by atoms with Crippen LogP contribution in [-0.4, -0.2) is 64.5 Å². The predicted molar refractivity (Wildman–Crippen MR) is 154 cm³/mol. The normalized spacial score (nSPS) is 15.8. The predicted octanol–water partition coefficient (Wildman–Crippen LogP) is 5.00. The second kappa shape index (κ2) is 13.7. The highest BCUT2D eigenvalue weighted by Crippen LogP contribution is 2.47. The molecular weight excluding hydrogens is 546 g/mol. The number of methoxy groups -OCH3 is 4. The van der Waals surface area contributed by atoms with Crippen molar-refractivity contribution in [1.29, 1.82) is 0 Å². The molecule has 1 aliphatic rings. The molecule has 1 heterocycles. The van der Waals surface area contributed by atoms with Crippen LogP contribution in [0, 0.1) is 11.8 Å². The number of esters is 1. The smallest absolute Gasteiger partial charge is 0.408 e. The third-order valence-electron chi connectivity index (χ3n) is 6.91. The maximum absolute atomic E-state index is 13.6. The first kappa shape index (κ1) is 32.4. The lowest BCUT2D eigenvalue weighted by Crippen LogP contribution is -2.48. The number of ketones is 1. The fraction of sp³-hybridized carbons (Fsp3) is 0.516. The van der Waals surface area contributed by atoms with E-state index < -0.39 is 29.6 Å². The van der Waals surface area contributed by atoms with Crippen LogP contribution in [0.1, 0.15) is 57.0 Å². The molecule has 11 nitrogen and oxygen atoms in total. The van der Waals surface area contributed by atoms with Crippen LogP contribution < -0.4 is 33.7 Å². The van der Waals surface area contributed by atoms with Gasteiger partial charge < -0.3 is 38.5 Å². The van der Waals surface area contributed by atoms with Crippen molar-refractivity contribution in [3.8, 4) is 34.5 Å². The maximum atomic E-state index is 13.6. The minimum Gasteiger partial charge on any atom is -0.493 e. The van der Waals surface area contributed by atoms with E-state index in [1.165, 1.54) is 28.4 Å². The van der Waals surface area contributed by atoms with E-state index in [0.717, 1.165) is 0 Å². The van der Waals surface area contributed by atoms with E-state index in [1.54, 1.807) is 45.0 Å². The molecule has 42 heavy (non-hydrogen) atoms. The van der Waals surface area contributed by atoms with Crippen LogP contribution in [0.25, 0.3) is 0 Å². The molecule has 2 aromatic rings. The van der Waals surface area contributed by atoms with Crippen molar-refractivity contribution in [2.75, 3.05) is 35.0 Å². The lowest BCUT2D eigenvalue weighted by Gasteiger charge is -2.27. The largest absolute Gasteiger partial charge is 0.493 e. The van der Waals surface area contributed by atoms with Crippen molar-refractivity contribution < 1.29 is 47.5 Å². The number of carbonyl (C=O) groups is 3. The van der Waals surface area contributed by atoms with Gasteiger partial charge in [-0.25, -0.2) is 9.59 Å². The van der Waals surface area contributed by atoms with Gasteiger partial charge in [0.1, 0.15) is 23.0 Å². The summed E-state index contributed by atoms with van der Waals surface area (Å²) in [6.07, 6.45) is 0.180. The van der Waals surface area contributed by atoms with Crippen molar-refractivity contribution in [3.63, 3.8) is 0 Å². The van der Waals surface area contributed by atoms with Crippen molar-refractivity contribution in [3.05, 3.63) is 35.4 Å². The Morgan fingerprint density at radius 2 is 1.64 bits per heavy atom. The highest BCUT2D eigenvalue weighted by atomic mass is 16.6. The molecule has 1 amide bonds. The van der Waals surface area contributed by atoms with Gasteiger partial charge in [0.05, 0.1) is 41.0 Å². The van der Waals surface area contributed by atoms with Crippen LogP contribution in [0.5, 0.6) is 34.5 Å². The second-order valence-corrected chi connectivity index (χ2v) is 11.0. The van der Waals surface area contributed by atoms with Gasteiger partial charge in [0.2, 0.25) is 5.75 Å². The number of rotatable bonds is 11. The zero-order valence-corrected chi connectivity index (χ0v) is 25.7. The summed E-state index contributed by atoms with van der Waals surface area (Å²) < 4.78 is 38.8. The molecule has 1 N–H and O–H groups in total. The van der Waals surface area contributed by atoms with E-state index in [0.29, 0.717) is 35.0 Å². The van der Waals surface area contributed by atoms with Crippen LogP contribution in [0.4, 0.5) is 4.79 Å². The monoisotopic (exact) mass is 587 g/mol. The molecule has 3 atom stereocenters. The Bertz CT molecular complexity index is 1300. The van der Waals surface area contributed by atoms with Crippen LogP contribution in [0.3, 0.4) is 0 Å². The molecule has 0 saturated heterocycles. The van der Waals surface area contributed by atoms with Gasteiger partial charge in [-0.2, -0.15) is 0 Å². The topological polar surface area (TPSA) is 128 Å². The van der Waals surface area contributed by atoms with Gasteiger partial charge in [0.15, 0.2) is 28.8 Å². The molecule has 1 unspecified atom stereocenters. The summed E-state index contributed by atoms with van der Waals surface area (Å²) in [6.45, 7) is 9.09. The van der Waals surface area contributed by atoms with Gasteiger partial charge in [0, 0.05) is 6.07 Å². The SMILES string of the molecule is CC[C@H](C)[C@H](NC(=O)OC(C)(C)C)C(=O)Oc1cc(CC2COc3cc(OC)c(OC)c(OC)c3C2=O)ccc1OC. The standard InChI is InChI=1S/C31H41NO10/c1-10-17(2)25(32-30(35)42-31(3,4)5)29(34)41-21-14-18(11-12-20(21)36-6)13-19-16-40-22-15-23(37-7)27(38-8)28(39-9)24(22)26(19)33/h11-12,14-15,17,19,25H,10,13,16H2,1-9H3,(H,32,35)/t17-,19?,25-/m0/s1. The zero-order valence-electron chi connectivity index (χ0n) is 25.7. The summed E-state index contributed by atoms with van der Waals surface area (Å²) in [4.78, 5) is 39.4. The molecule has 0 saturated carbocycles. The van der Waals surface area contributed by atoms with E-state index in [2.05, 4.69) is 5.32 Å². The first-order valence-corrected chi connectivity index (χ1v) is 13.7. The zero-order chi connectivity index (χ0) is 31.2. The van der Waals surface area contributed by atoms with Crippen LogP contribution in [0.15, 0.2) is 24.3 Å². The van der Waals surface area contributed by atoms with Gasteiger partial charge in [0.25, 0.3) is 0 Å². The second-order valence-electron chi connectivity index (χ2n) is 11.0. The summed E-state index contributed by atoms with van der Waals surface area (Å²) in [5.41, 5.74) is 0.257. The number of carbonyl (C=O) groups excluding carboxylic acids is 3. The van der Waals surface area contributed by atoms with Gasteiger partial charge in [-0.05, 0) is 50.8 Å². The molecule has 11 heteroatoms. The number of nitrogens with one attached hydrogen (secondary N) is 1. The minimum absolute atomic E-state index is 0.127. The summed E-state index contributed by atoms with van der Waals surface area (Å²) in [5.74, 6) is 0.122. The third-order valence-corrected chi connectivity index (χ3v) is 6.91.